The van der Waals surface area contributed by atoms with Crippen LogP contribution in [0.5, 0.6) is 11.5 Å². The van der Waals surface area contributed by atoms with E-state index in [0.717, 1.165) is 17.1 Å². The van der Waals surface area contributed by atoms with E-state index in [9.17, 15) is 4.79 Å². The number of rotatable bonds is 3. The van der Waals surface area contributed by atoms with Gasteiger partial charge in [-0.3, -0.25) is 4.79 Å². The van der Waals surface area contributed by atoms with Crippen molar-refractivity contribution in [3.63, 3.8) is 0 Å². The van der Waals surface area contributed by atoms with Crippen LogP contribution in [0.25, 0.3) is 0 Å². The second kappa shape index (κ2) is 4.88. The van der Waals surface area contributed by atoms with Crippen LogP contribution in [0, 0.1) is 5.41 Å². The third kappa shape index (κ3) is 2.94. The van der Waals surface area contributed by atoms with Gasteiger partial charge in [-0.15, -0.1) is 0 Å². The van der Waals surface area contributed by atoms with Gasteiger partial charge in [0.1, 0.15) is 0 Å². The molecule has 0 N–H and O–H groups in total. The summed E-state index contributed by atoms with van der Waals surface area (Å²) in [5.41, 5.74) is 0.621. The van der Waals surface area contributed by atoms with E-state index in [2.05, 4.69) is 0 Å². The average Bonchev–Trinajstić information content (AvgIpc) is 2.74. The quantitative estimate of drug-likeness (QED) is 0.773. The van der Waals surface area contributed by atoms with Gasteiger partial charge in [0.15, 0.2) is 11.5 Å². The van der Waals surface area contributed by atoms with E-state index in [1.54, 1.807) is 0 Å². The first kappa shape index (κ1) is 12.7. The normalized spacial score (nSPS) is 13.5. The first-order valence-electron chi connectivity index (χ1n) is 6.02. The lowest BCUT2D eigenvalue weighted by atomic mass is 9.97. The van der Waals surface area contributed by atoms with Gasteiger partial charge < -0.3 is 14.2 Å². The summed E-state index contributed by atoms with van der Waals surface area (Å²) in [4.78, 5) is 11.6. The molecule has 0 aromatic heterocycles. The number of fused-ring (bicyclic) bond motifs is 1. The van der Waals surface area contributed by atoms with Crippen molar-refractivity contribution in [3.05, 3.63) is 23.8 Å². The number of hydrogen-bond acceptors (Lipinski definition) is 4. The fourth-order valence-electron chi connectivity index (χ4n) is 1.57. The van der Waals surface area contributed by atoms with Gasteiger partial charge >= 0.3 is 5.97 Å². The SMILES string of the molecule is CC(C)(C)C(=O)OCCc1ccc2c(c1)OCO2. The zero-order valence-corrected chi connectivity index (χ0v) is 11.0. The molecule has 18 heavy (non-hydrogen) atoms. The standard InChI is InChI=1S/C14H18O4/c1-14(2,3)13(15)16-7-6-10-4-5-11-12(8-10)18-9-17-11/h4-5,8H,6-7,9H2,1-3H3. The third-order valence-electron chi connectivity index (χ3n) is 2.67. The largest absolute Gasteiger partial charge is 0.465 e. The second-order valence-corrected chi connectivity index (χ2v) is 5.32. The molecule has 1 aromatic rings. The van der Waals surface area contributed by atoms with E-state index < -0.39 is 5.41 Å². The van der Waals surface area contributed by atoms with Crippen LogP contribution in [0.4, 0.5) is 0 Å². The maximum absolute atomic E-state index is 11.6. The highest BCUT2D eigenvalue weighted by Crippen LogP contribution is 2.32. The van der Waals surface area contributed by atoms with Crippen LogP contribution in [0.2, 0.25) is 0 Å². The van der Waals surface area contributed by atoms with E-state index in [4.69, 9.17) is 14.2 Å². The lowest BCUT2D eigenvalue weighted by Crippen LogP contribution is -2.23. The van der Waals surface area contributed by atoms with Crippen molar-refractivity contribution in [1.82, 2.24) is 0 Å². The molecule has 0 amide bonds. The predicted molar refractivity (Wildman–Crippen MR) is 66.7 cm³/mol. The molecule has 0 bridgehead atoms. The lowest BCUT2D eigenvalue weighted by Gasteiger charge is -2.16. The highest BCUT2D eigenvalue weighted by atomic mass is 16.7. The van der Waals surface area contributed by atoms with Crippen LogP contribution in [0.3, 0.4) is 0 Å². The Morgan fingerprint density at radius 1 is 1.28 bits per heavy atom. The summed E-state index contributed by atoms with van der Waals surface area (Å²) in [6, 6.07) is 5.76. The molecule has 0 saturated carbocycles. The molecule has 1 aliphatic heterocycles. The number of benzene rings is 1. The van der Waals surface area contributed by atoms with Gasteiger partial charge in [0, 0.05) is 6.42 Å². The Kier molecular flexibility index (Phi) is 3.45. The molecule has 0 fully saturated rings. The van der Waals surface area contributed by atoms with Gasteiger partial charge in [0.2, 0.25) is 6.79 Å². The monoisotopic (exact) mass is 250 g/mol. The summed E-state index contributed by atoms with van der Waals surface area (Å²) in [6.07, 6.45) is 0.679. The molecule has 4 heteroatoms. The van der Waals surface area contributed by atoms with Crippen LogP contribution in [-0.4, -0.2) is 19.4 Å². The lowest BCUT2D eigenvalue weighted by molar-refractivity contribution is -0.152. The van der Waals surface area contributed by atoms with Crippen molar-refractivity contribution in [2.75, 3.05) is 13.4 Å². The van der Waals surface area contributed by atoms with Gasteiger partial charge in [-0.2, -0.15) is 0 Å². The van der Waals surface area contributed by atoms with E-state index in [1.807, 2.05) is 39.0 Å². The number of esters is 1. The predicted octanol–water partition coefficient (Wildman–Crippen LogP) is 2.55. The Morgan fingerprint density at radius 3 is 2.72 bits per heavy atom. The molecule has 0 atom stereocenters. The summed E-state index contributed by atoms with van der Waals surface area (Å²) >= 11 is 0. The zero-order valence-electron chi connectivity index (χ0n) is 11.0. The van der Waals surface area contributed by atoms with Crippen molar-refractivity contribution in [2.24, 2.45) is 5.41 Å². The minimum absolute atomic E-state index is 0.178. The molecule has 1 aromatic carbocycles. The first-order chi connectivity index (χ1) is 8.47. The summed E-state index contributed by atoms with van der Waals surface area (Å²) in [7, 11) is 0. The van der Waals surface area contributed by atoms with Gasteiger partial charge in [0.05, 0.1) is 12.0 Å². The van der Waals surface area contributed by atoms with Crippen LogP contribution in [0.15, 0.2) is 18.2 Å². The molecular formula is C14H18O4. The van der Waals surface area contributed by atoms with Crippen molar-refractivity contribution in [3.8, 4) is 11.5 Å². The Labute approximate surface area is 107 Å². The van der Waals surface area contributed by atoms with Crippen molar-refractivity contribution >= 4 is 5.97 Å². The molecule has 1 heterocycles. The summed E-state index contributed by atoms with van der Waals surface area (Å²) in [6.45, 7) is 6.19. The molecule has 4 nitrogen and oxygen atoms in total. The van der Waals surface area contributed by atoms with Crippen LogP contribution in [-0.2, 0) is 16.0 Å². The Balaban J connectivity index is 1.86. The average molecular weight is 250 g/mol. The highest BCUT2D eigenvalue weighted by Gasteiger charge is 2.22. The fraction of sp³-hybridized carbons (Fsp3) is 0.500. The topological polar surface area (TPSA) is 44.8 Å². The zero-order chi connectivity index (χ0) is 13.2. The fourth-order valence-corrected chi connectivity index (χ4v) is 1.57. The van der Waals surface area contributed by atoms with E-state index >= 15 is 0 Å². The number of carbonyl (C=O) groups excluding carboxylic acids is 1. The van der Waals surface area contributed by atoms with Crippen molar-refractivity contribution in [1.29, 1.82) is 0 Å². The maximum atomic E-state index is 11.6. The molecular weight excluding hydrogens is 232 g/mol. The molecule has 0 radical (unpaired) electrons. The highest BCUT2D eigenvalue weighted by molar-refractivity contribution is 5.75. The van der Waals surface area contributed by atoms with Gasteiger partial charge in [-0.25, -0.2) is 0 Å². The molecule has 0 spiro atoms. The number of ether oxygens (including phenoxy) is 3. The minimum atomic E-state index is -0.450. The first-order valence-corrected chi connectivity index (χ1v) is 6.02. The van der Waals surface area contributed by atoms with Crippen molar-refractivity contribution in [2.45, 2.75) is 27.2 Å². The van der Waals surface area contributed by atoms with E-state index in [1.165, 1.54) is 0 Å². The molecule has 0 aliphatic carbocycles. The molecule has 0 saturated heterocycles. The molecule has 1 aliphatic rings. The summed E-state index contributed by atoms with van der Waals surface area (Å²) in [5, 5.41) is 0. The smallest absolute Gasteiger partial charge is 0.311 e. The molecule has 2 rings (SSSR count). The summed E-state index contributed by atoms with van der Waals surface area (Å²) in [5.74, 6) is 1.35. The van der Waals surface area contributed by atoms with Crippen LogP contribution >= 0.6 is 0 Å². The minimum Gasteiger partial charge on any atom is -0.465 e. The van der Waals surface area contributed by atoms with Crippen LogP contribution < -0.4 is 9.47 Å². The molecule has 0 unspecified atom stereocenters. The number of carbonyl (C=O) groups is 1. The van der Waals surface area contributed by atoms with Gasteiger partial charge in [0.25, 0.3) is 0 Å². The van der Waals surface area contributed by atoms with Crippen molar-refractivity contribution < 1.29 is 19.0 Å². The second-order valence-electron chi connectivity index (χ2n) is 5.32. The van der Waals surface area contributed by atoms with Crippen LogP contribution in [0.1, 0.15) is 26.3 Å². The Hall–Kier alpha value is -1.71. The Bertz CT molecular complexity index is 446. The number of hydrogen-bond donors (Lipinski definition) is 0. The van der Waals surface area contributed by atoms with E-state index in [-0.39, 0.29) is 12.8 Å². The Morgan fingerprint density at radius 2 is 2.00 bits per heavy atom. The molecule has 98 valence electrons. The van der Waals surface area contributed by atoms with E-state index in [0.29, 0.717) is 13.0 Å². The maximum Gasteiger partial charge on any atom is 0.311 e. The van der Waals surface area contributed by atoms with Gasteiger partial charge in [-0.1, -0.05) is 6.07 Å². The van der Waals surface area contributed by atoms with Gasteiger partial charge in [-0.05, 0) is 38.5 Å². The third-order valence-corrected chi connectivity index (χ3v) is 2.67. The summed E-state index contributed by atoms with van der Waals surface area (Å²) < 4.78 is 15.7.